The van der Waals surface area contributed by atoms with E-state index in [9.17, 15) is 9.59 Å². The lowest BCUT2D eigenvalue weighted by atomic mass is 10.1. The predicted molar refractivity (Wildman–Crippen MR) is 86.3 cm³/mol. The largest absolute Gasteiger partial charge is 0.497 e. The standard InChI is InChI=1S/C15H17Cl2NO5/c1-14(8-15(14,16)17)13(20)23-7-12(19)18-10-6-9(21-2)4-5-11(10)22-3/h4-6H,7-8H2,1-3H3,(H,18,19)/t14-/m1/s1. The molecule has 1 aliphatic carbocycles. The third kappa shape index (κ3) is 3.64. The van der Waals surface area contributed by atoms with Gasteiger partial charge in [0.15, 0.2) is 6.61 Å². The maximum atomic E-state index is 11.9. The van der Waals surface area contributed by atoms with Gasteiger partial charge in [0.25, 0.3) is 5.91 Å². The molecule has 1 atom stereocenters. The van der Waals surface area contributed by atoms with E-state index in [1.165, 1.54) is 14.2 Å². The minimum absolute atomic E-state index is 0.299. The molecule has 1 aliphatic rings. The molecule has 0 aromatic heterocycles. The second kappa shape index (κ2) is 6.45. The van der Waals surface area contributed by atoms with E-state index in [1.807, 2.05) is 0 Å². The Balaban J connectivity index is 1.94. The van der Waals surface area contributed by atoms with Crippen LogP contribution in [0.2, 0.25) is 0 Å². The van der Waals surface area contributed by atoms with Crippen LogP contribution in [0.1, 0.15) is 13.3 Å². The van der Waals surface area contributed by atoms with Crippen molar-refractivity contribution >= 4 is 40.8 Å². The molecule has 8 heteroatoms. The van der Waals surface area contributed by atoms with Crippen LogP contribution in [0.15, 0.2) is 18.2 Å². The monoisotopic (exact) mass is 361 g/mol. The topological polar surface area (TPSA) is 73.9 Å². The van der Waals surface area contributed by atoms with Gasteiger partial charge < -0.3 is 19.5 Å². The van der Waals surface area contributed by atoms with Gasteiger partial charge in [-0.1, -0.05) is 0 Å². The number of amides is 1. The minimum atomic E-state index is -1.13. The molecule has 2 rings (SSSR count). The third-order valence-corrected chi connectivity index (χ3v) is 4.82. The van der Waals surface area contributed by atoms with E-state index in [0.29, 0.717) is 23.6 Å². The lowest BCUT2D eigenvalue weighted by molar-refractivity contribution is -0.152. The Labute approximate surface area is 144 Å². The summed E-state index contributed by atoms with van der Waals surface area (Å²) in [5.74, 6) is -0.100. The first-order valence-corrected chi connectivity index (χ1v) is 7.56. The fourth-order valence-electron chi connectivity index (χ4n) is 2.01. The second-order valence-electron chi connectivity index (χ2n) is 5.40. The van der Waals surface area contributed by atoms with Gasteiger partial charge in [-0.05, 0) is 19.1 Å². The van der Waals surface area contributed by atoms with E-state index in [-0.39, 0.29) is 0 Å². The summed E-state index contributed by atoms with van der Waals surface area (Å²) >= 11 is 11.8. The van der Waals surface area contributed by atoms with Crippen LogP contribution in [0.3, 0.4) is 0 Å². The zero-order valence-corrected chi connectivity index (χ0v) is 14.5. The number of rotatable bonds is 6. The van der Waals surface area contributed by atoms with E-state index < -0.39 is 28.2 Å². The van der Waals surface area contributed by atoms with Gasteiger partial charge in [-0.3, -0.25) is 9.59 Å². The summed E-state index contributed by atoms with van der Waals surface area (Å²) in [6, 6.07) is 4.95. The molecule has 1 saturated carbocycles. The van der Waals surface area contributed by atoms with E-state index in [0.717, 1.165) is 0 Å². The van der Waals surface area contributed by atoms with Gasteiger partial charge >= 0.3 is 5.97 Å². The number of carbonyl (C=O) groups excluding carboxylic acids is 2. The molecule has 0 unspecified atom stereocenters. The minimum Gasteiger partial charge on any atom is -0.497 e. The number of carbonyl (C=O) groups is 2. The Morgan fingerprint density at radius 3 is 2.43 bits per heavy atom. The molecule has 1 fully saturated rings. The summed E-state index contributed by atoms with van der Waals surface area (Å²) in [4.78, 5) is 23.9. The maximum absolute atomic E-state index is 11.9. The molecule has 0 bridgehead atoms. The number of nitrogens with one attached hydrogen (secondary N) is 1. The number of methoxy groups -OCH3 is 2. The van der Waals surface area contributed by atoms with Crippen molar-refractivity contribution < 1.29 is 23.8 Å². The molecule has 23 heavy (non-hydrogen) atoms. The number of halogens is 2. The summed E-state index contributed by atoms with van der Waals surface area (Å²) in [6.07, 6.45) is 0.299. The van der Waals surface area contributed by atoms with Crippen molar-refractivity contribution in [2.45, 2.75) is 17.7 Å². The Hall–Kier alpha value is -1.66. The van der Waals surface area contributed by atoms with Gasteiger partial charge in [0.05, 0.1) is 19.9 Å². The molecule has 1 amide bonds. The van der Waals surface area contributed by atoms with Crippen LogP contribution in [0.4, 0.5) is 5.69 Å². The molecular formula is C15H17Cl2NO5. The molecule has 6 nitrogen and oxygen atoms in total. The Morgan fingerprint density at radius 2 is 1.91 bits per heavy atom. The van der Waals surface area contributed by atoms with Crippen molar-refractivity contribution in [1.82, 2.24) is 0 Å². The van der Waals surface area contributed by atoms with Gasteiger partial charge in [-0.15, -0.1) is 23.2 Å². The lowest BCUT2D eigenvalue weighted by Crippen LogP contribution is -2.26. The van der Waals surface area contributed by atoms with Crippen molar-refractivity contribution in [3.05, 3.63) is 18.2 Å². The quantitative estimate of drug-likeness (QED) is 0.622. The van der Waals surface area contributed by atoms with Crippen LogP contribution in [0.5, 0.6) is 11.5 Å². The smallest absolute Gasteiger partial charge is 0.315 e. The lowest BCUT2D eigenvalue weighted by Gasteiger charge is -2.13. The number of esters is 1. The summed E-state index contributed by atoms with van der Waals surface area (Å²) in [5, 5.41) is 2.60. The first-order valence-electron chi connectivity index (χ1n) is 6.80. The van der Waals surface area contributed by atoms with Crippen molar-refractivity contribution in [3.63, 3.8) is 0 Å². The molecule has 0 spiro atoms. The fraction of sp³-hybridized carbons (Fsp3) is 0.467. The molecule has 0 aliphatic heterocycles. The summed E-state index contributed by atoms with van der Waals surface area (Å²) in [5.41, 5.74) is -0.557. The highest BCUT2D eigenvalue weighted by Gasteiger charge is 2.69. The second-order valence-corrected chi connectivity index (χ2v) is 6.89. The molecule has 1 aromatic carbocycles. The Morgan fingerprint density at radius 1 is 1.26 bits per heavy atom. The summed E-state index contributed by atoms with van der Waals surface area (Å²) in [6.45, 7) is 1.15. The van der Waals surface area contributed by atoms with E-state index in [2.05, 4.69) is 5.32 Å². The average Bonchev–Trinajstić information content (AvgIpc) is 3.04. The van der Waals surface area contributed by atoms with Crippen molar-refractivity contribution in [2.24, 2.45) is 5.41 Å². The Bertz CT molecular complexity index is 634. The van der Waals surface area contributed by atoms with Crippen LogP contribution in [0, 0.1) is 5.41 Å². The van der Waals surface area contributed by atoms with Crippen LogP contribution >= 0.6 is 23.2 Å². The number of alkyl halides is 2. The normalized spacial score (nSPS) is 21.3. The van der Waals surface area contributed by atoms with Gasteiger partial charge in [-0.25, -0.2) is 0 Å². The van der Waals surface area contributed by atoms with Crippen LogP contribution in [0.25, 0.3) is 0 Å². The predicted octanol–water partition coefficient (Wildman–Crippen LogP) is 2.77. The highest BCUT2D eigenvalue weighted by atomic mass is 35.5. The fourth-order valence-corrected chi connectivity index (χ4v) is 2.70. The van der Waals surface area contributed by atoms with Gasteiger partial charge in [0.1, 0.15) is 21.2 Å². The SMILES string of the molecule is COc1ccc(OC)c(NC(=O)COC(=O)[C@@]2(C)CC2(Cl)Cl)c1. The highest BCUT2D eigenvalue weighted by molar-refractivity contribution is 6.53. The maximum Gasteiger partial charge on any atom is 0.315 e. The number of benzene rings is 1. The summed E-state index contributed by atoms with van der Waals surface area (Å²) < 4.78 is 14.1. The van der Waals surface area contributed by atoms with Crippen molar-refractivity contribution in [2.75, 3.05) is 26.1 Å². The average molecular weight is 362 g/mol. The molecule has 0 saturated heterocycles. The van der Waals surface area contributed by atoms with E-state index in [1.54, 1.807) is 25.1 Å². The molecule has 0 heterocycles. The Kier molecular flexibility index (Phi) is 4.96. The van der Waals surface area contributed by atoms with Gasteiger partial charge in [0, 0.05) is 12.5 Å². The number of ether oxygens (including phenoxy) is 3. The number of hydrogen-bond acceptors (Lipinski definition) is 5. The van der Waals surface area contributed by atoms with Gasteiger partial charge in [-0.2, -0.15) is 0 Å². The van der Waals surface area contributed by atoms with Crippen molar-refractivity contribution in [1.29, 1.82) is 0 Å². The first-order chi connectivity index (χ1) is 10.7. The first kappa shape index (κ1) is 17.7. The summed E-state index contributed by atoms with van der Waals surface area (Å²) in [7, 11) is 2.99. The van der Waals surface area contributed by atoms with Crippen LogP contribution in [-0.4, -0.2) is 37.0 Å². The zero-order valence-electron chi connectivity index (χ0n) is 12.9. The molecule has 1 aromatic rings. The molecule has 126 valence electrons. The third-order valence-electron chi connectivity index (χ3n) is 3.72. The highest BCUT2D eigenvalue weighted by Crippen LogP contribution is 2.64. The zero-order chi connectivity index (χ0) is 17.3. The van der Waals surface area contributed by atoms with E-state index >= 15 is 0 Å². The molecular weight excluding hydrogens is 345 g/mol. The van der Waals surface area contributed by atoms with Crippen molar-refractivity contribution in [3.8, 4) is 11.5 Å². The van der Waals surface area contributed by atoms with Crippen LogP contribution in [-0.2, 0) is 14.3 Å². The number of hydrogen-bond donors (Lipinski definition) is 1. The number of anilines is 1. The van der Waals surface area contributed by atoms with E-state index in [4.69, 9.17) is 37.4 Å². The molecule has 1 N–H and O–H groups in total. The van der Waals surface area contributed by atoms with Gasteiger partial charge in [0.2, 0.25) is 0 Å². The molecule has 0 radical (unpaired) electrons. The van der Waals surface area contributed by atoms with Crippen LogP contribution < -0.4 is 14.8 Å².